The number of rotatable bonds is 5. The second-order valence-electron chi connectivity index (χ2n) is 5.63. The lowest BCUT2D eigenvalue weighted by Gasteiger charge is -2.09. The van der Waals surface area contributed by atoms with Crippen LogP contribution in [0.2, 0.25) is 0 Å². The Balaban J connectivity index is 2.10. The summed E-state index contributed by atoms with van der Waals surface area (Å²) in [7, 11) is 0. The summed E-state index contributed by atoms with van der Waals surface area (Å²) in [4.78, 5) is 4.83. The number of imidazole rings is 1. The van der Waals surface area contributed by atoms with Gasteiger partial charge < -0.3 is 10.3 Å². The highest BCUT2D eigenvalue weighted by Crippen LogP contribution is 2.45. The van der Waals surface area contributed by atoms with Gasteiger partial charge in [-0.3, -0.25) is 0 Å². The van der Waals surface area contributed by atoms with Gasteiger partial charge in [0.05, 0.1) is 0 Å². The quantitative estimate of drug-likeness (QED) is 0.892. The van der Waals surface area contributed by atoms with Crippen LogP contribution in [0.1, 0.15) is 50.4 Å². The summed E-state index contributed by atoms with van der Waals surface area (Å²) < 4.78 is 2.18. The summed E-state index contributed by atoms with van der Waals surface area (Å²) in [6, 6.07) is 8.61. The summed E-state index contributed by atoms with van der Waals surface area (Å²) >= 11 is 0. The monoisotopic (exact) mass is 269 g/mol. The molecule has 3 heteroatoms. The van der Waals surface area contributed by atoms with E-state index >= 15 is 0 Å². The van der Waals surface area contributed by atoms with Crippen molar-refractivity contribution in [2.75, 3.05) is 5.73 Å². The smallest absolute Gasteiger partial charge is 0.131 e. The van der Waals surface area contributed by atoms with Crippen molar-refractivity contribution < 1.29 is 0 Å². The topological polar surface area (TPSA) is 43.8 Å². The first-order valence-corrected chi connectivity index (χ1v) is 7.70. The number of aromatic nitrogens is 2. The maximum Gasteiger partial charge on any atom is 0.131 e. The van der Waals surface area contributed by atoms with Gasteiger partial charge in [0.1, 0.15) is 17.3 Å². The average Bonchev–Trinajstić information content (AvgIpc) is 3.27. The zero-order valence-corrected chi connectivity index (χ0v) is 12.4. The van der Waals surface area contributed by atoms with E-state index in [1.165, 1.54) is 24.0 Å². The zero-order chi connectivity index (χ0) is 14.1. The van der Waals surface area contributed by atoms with Crippen LogP contribution in [0.4, 0.5) is 5.82 Å². The van der Waals surface area contributed by atoms with Crippen LogP contribution in [-0.2, 0) is 13.0 Å². The normalized spacial score (nSPS) is 14.7. The highest BCUT2D eigenvalue weighted by molar-refractivity contribution is 5.74. The van der Waals surface area contributed by atoms with E-state index in [4.69, 9.17) is 10.7 Å². The Bertz CT molecular complexity index is 609. The molecule has 0 spiro atoms. The average molecular weight is 269 g/mol. The van der Waals surface area contributed by atoms with Gasteiger partial charge in [0, 0.05) is 18.5 Å². The molecule has 3 rings (SSSR count). The maximum absolute atomic E-state index is 6.39. The van der Waals surface area contributed by atoms with Gasteiger partial charge in [-0.25, -0.2) is 4.98 Å². The predicted molar refractivity (Wildman–Crippen MR) is 83.7 cm³/mol. The van der Waals surface area contributed by atoms with Crippen LogP contribution in [0.25, 0.3) is 11.3 Å². The Morgan fingerprint density at radius 3 is 2.65 bits per heavy atom. The van der Waals surface area contributed by atoms with Crippen LogP contribution in [0, 0.1) is 0 Å². The van der Waals surface area contributed by atoms with Gasteiger partial charge in [0.2, 0.25) is 0 Å². The molecular formula is C17H23N3. The lowest BCUT2D eigenvalue weighted by atomic mass is 10.0. The Hall–Kier alpha value is -1.77. The van der Waals surface area contributed by atoms with Crippen molar-refractivity contribution in [2.24, 2.45) is 0 Å². The lowest BCUT2D eigenvalue weighted by molar-refractivity contribution is 0.650. The van der Waals surface area contributed by atoms with Crippen molar-refractivity contribution in [3.8, 4) is 11.3 Å². The number of benzene rings is 1. The third kappa shape index (κ3) is 2.21. The molecule has 20 heavy (non-hydrogen) atoms. The van der Waals surface area contributed by atoms with Crippen molar-refractivity contribution in [3.63, 3.8) is 0 Å². The predicted octanol–water partition coefficient (Wildman–Crippen LogP) is 3.98. The van der Waals surface area contributed by atoms with Crippen LogP contribution >= 0.6 is 0 Å². The van der Waals surface area contributed by atoms with Crippen LogP contribution in [0.15, 0.2) is 24.3 Å². The third-order valence-electron chi connectivity index (χ3n) is 4.08. The number of nitrogen functional groups attached to an aromatic ring is 1. The van der Waals surface area contributed by atoms with E-state index in [1.54, 1.807) is 0 Å². The third-order valence-corrected chi connectivity index (χ3v) is 4.08. The second-order valence-corrected chi connectivity index (χ2v) is 5.63. The van der Waals surface area contributed by atoms with Gasteiger partial charge >= 0.3 is 0 Å². The first-order valence-electron chi connectivity index (χ1n) is 7.70. The Kier molecular flexibility index (Phi) is 3.51. The molecule has 0 amide bonds. The summed E-state index contributed by atoms with van der Waals surface area (Å²) in [6.07, 6.45) is 4.60. The van der Waals surface area contributed by atoms with Gasteiger partial charge in [-0.1, -0.05) is 38.1 Å². The van der Waals surface area contributed by atoms with Crippen molar-refractivity contribution >= 4 is 5.82 Å². The highest BCUT2D eigenvalue weighted by atomic mass is 15.1. The molecule has 0 aliphatic heterocycles. The molecule has 0 saturated heterocycles. The minimum absolute atomic E-state index is 0.715. The summed E-state index contributed by atoms with van der Waals surface area (Å²) in [5.41, 5.74) is 10.0. The fourth-order valence-corrected chi connectivity index (χ4v) is 2.92. The SMILES string of the molecule is CCCn1c(CC)nc(-c2ccccc2C2CC2)c1N. The van der Waals surface area contributed by atoms with Crippen LogP contribution in [0.5, 0.6) is 0 Å². The van der Waals surface area contributed by atoms with E-state index in [9.17, 15) is 0 Å². The number of aryl methyl sites for hydroxylation is 1. The van der Waals surface area contributed by atoms with Gasteiger partial charge in [-0.15, -0.1) is 0 Å². The number of anilines is 1. The second kappa shape index (κ2) is 5.31. The molecule has 0 atom stereocenters. The summed E-state index contributed by atoms with van der Waals surface area (Å²) in [5.74, 6) is 2.65. The first-order chi connectivity index (χ1) is 9.76. The minimum atomic E-state index is 0.715. The molecule has 2 N–H and O–H groups in total. The molecule has 1 fully saturated rings. The molecule has 1 aliphatic rings. The van der Waals surface area contributed by atoms with Crippen LogP contribution in [-0.4, -0.2) is 9.55 Å². The molecule has 1 aromatic carbocycles. The zero-order valence-electron chi connectivity index (χ0n) is 12.4. The van der Waals surface area contributed by atoms with E-state index in [0.717, 1.165) is 36.7 Å². The number of nitrogens with two attached hydrogens (primary N) is 1. The Morgan fingerprint density at radius 1 is 1.25 bits per heavy atom. The first kappa shape index (κ1) is 13.2. The van der Waals surface area contributed by atoms with Gasteiger partial charge in [0.25, 0.3) is 0 Å². The molecule has 1 aromatic heterocycles. The molecule has 0 unspecified atom stereocenters. The van der Waals surface area contributed by atoms with Gasteiger partial charge in [-0.2, -0.15) is 0 Å². The molecule has 0 bridgehead atoms. The van der Waals surface area contributed by atoms with E-state index in [0.29, 0.717) is 5.92 Å². The molecule has 106 valence electrons. The summed E-state index contributed by atoms with van der Waals surface area (Å²) in [6.45, 7) is 5.27. The van der Waals surface area contributed by atoms with Crippen molar-refractivity contribution in [1.29, 1.82) is 0 Å². The maximum atomic E-state index is 6.39. The number of hydrogen-bond donors (Lipinski definition) is 1. The van der Waals surface area contributed by atoms with Crippen LogP contribution in [0.3, 0.4) is 0 Å². The molecule has 3 nitrogen and oxygen atoms in total. The molecule has 1 aliphatic carbocycles. The van der Waals surface area contributed by atoms with E-state index in [1.807, 2.05) is 0 Å². The lowest BCUT2D eigenvalue weighted by Crippen LogP contribution is -2.06. The summed E-state index contributed by atoms with van der Waals surface area (Å²) in [5, 5.41) is 0. The molecule has 1 saturated carbocycles. The Labute approximate surface area is 120 Å². The van der Waals surface area contributed by atoms with E-state index in [-0.39, 0.29) is 0 Å². The van der Waals surface area contributed by atoms with E-state index in [2.05, 4.69) is 42.7 Å². The molecule has 2 aromatic rings. The van der Waals surface area contributed by atoms with Crippen LogP contribution < -0.4 is 5.73 Å². The van der Waals surface area contributed by atoms with Crippen molar-refractivity contribution in [3.05, 3.63) is 35.7 Å². The number of hydrogen-bond acceptors (Lipinski definition) is 2. The number of nitrogens with zero attached hydrogens (tertiary/aromatic N) is 2. The van der Waals surface area contributed by atoms with E-state index < -0.39 is 0 Å². The largest absolute Gasteiger partial charge is 0.383 e. The highest BCUT2D eigenvalue weighted by Gasteiger charge is 2.27. The van der Waals surface area contributed by atoms with Gasteiger partial charge in [0.15, 0.2) is 0 Å². The molecular weight excluding hydrogens is 246 g/mol. The Morgan fingerprint density at radius 2 is 2.00 bits per heavy atom. The minimum Gasteiger partial charge on any atom is -0.383 e. The van der Waals surface area contributed by atoms with Gasteiger partial charge in [-0.05, 0) is 30.7 Å². The van der Waals surface area contributed by atoms with Crippen molar-refractivity contribution in [2.45, 2.75) is 52.0 Å². The van der Waals surface area contributed by atoms with Crippen molar-refractivity contribution in [1.82, 2.24) is 9.55 Å². The fraction of sp³-hybridized carbons (Fsp3) is 0.471. The molecule has 0 radical (unpaired) electrons. The standard InChI is InChI=1S/C17H23N3/c1-3-11-20-15(4-2)19-16(17(20)18)14-8-6-5-7-13(14)12-9-10-12/h5-8,12H,3-4,9-11,18H2,1-2H3. The fourth-order valence-electron chi connectivity index (χ4n) is 2.92. The molecule has 1 heterocycles.